The molecular weight excluding hydrogens is 334 g/mol. The van der Waals surface area contributed by atoms with Gasteiger partial charge in [0, 0.05) is 57.1 Å². The normalized spacial score (nSPS) is 24.1. The maximum absolute atomic E-state index is 5.56. The van der Waals surface area contributed by atoms with Gasteiger partial charge in [0.15, 0.2) is 0 Å². The first-order chi connectivity index (χ1) is 13.4. The number of nitrogens with one attached hydrogen (secondary N) is 1. The molecule has 0 aromatic heterocycles. The van der Waals surface area contributed by atoms with E-state index in [0.717, 1.165) is 51.4 Å². The minimum atomic E-state index is 0.730. The molecule has 1 aromatic rings. The Morgan fingerprint density at radius 2 is 1.52 bits per heavy atom. The Morgan fingerprint density at radius 3 is 2.30 bits per heavy atom. The van der Waals surface area contributed by atoms with Crippen molar-refractivity contribution in [3.05, 3.63) is 29.8 Å². The topological polar surface area (TPSA) is 27.7 Å². The molecule has 0 radical (unpaired) electrons. The van der Waals surface area contributed by atoms with Crippen LogP contribution in [0.25, 0.3) is 0 Å². The standard InChI is InChI=1S/C23H37N3O/c1-2-5-21(6-3-1)24-22-11-14-26(15-12-22)23-9-7-20(8-10-23)19-25-13-4-17-27-18-16-25/h7-10,21-22,24H,1-6,11-19H2. The van der Waals surface area contributed by atoms with E-state index in [0.29, 0.717) is 0 Å². The Hall–Kier alpha value is -1.10. The summed E-state index contributed by atoms with van der Waals surface area (Å²) in [6.45, 7) is 7.44. The second-order valence-electron chi connectivity index (χ2n) is 8.67. The Morgan fingerprint density at radius 1 is 0.778 bits per heavy atom. The summed E-state index contributed by atoms with van der Waals surface area (Å²) in [6.07, 6.45) is 10.8. The van der Waals surface area contributed by atoms with Crippen molar-refractivity contribution in [3.8, 4) is 0 Å². The molecule has 4 nitrogen and oxygen atoms in total. The van der Waals surface area contributed by atoms with Gasteiger partial charge in [-0.1, -0.05) is 31.4 Å². The van der Waals surface area contributed by atoms with E-state index < -0.39 is 0 Å². The van der Waals surface area contributed by atoms with E-state index >= 15 is 0 Å². The lowest BCUT2D eigenvalue weighted by molar-refractivity contribution is 0.140. The third kappa shape index (κ3) is 5.69. The SMILES string of the molecule is c1cc(N2CCC(NC3CCCCC3)CC2)ccc1CN1CCCOCC1. The number of hydrogen-bond acceptors (Lipinski definition) is 4. The van der Waals surface area contributed by atoms with E-state index in [1.165, 1.54) is 69.3 Å². The van der Waals surface area contributed by atoms with Crippen molar-refractivity contribution >= 4 is 5.69 Å². The largest absolute Gasteiger partial charge is 0.380 e. The average Bonchev–Trinajstić information content (AvgIpc) is 2.99. The van der Waals surface area contributed by atoms with Crippen molar-refractivity contribution < 1.29 is 4.74 Å². The summed E-state index contributed by atoms with van der Waals surface area (Å²) in [7, 11) is 0. The van der Waals surface area contributed by atoms with Gasteiger partial charge in [0.1, 0.15) is 0 Å². The summed E-state index contributed by atoms with van der Waals surface area (Å²) in [5.74, 6) is 0. The van der Waals surface area contributed by atoms with Crippen molar-refractivity contribution in [1.29, 1.82) is 0 Å². The molecule has 3 aliphatic rings. The van der Waals surface area contributed by atoms with Crippen LogP contribution in [0.3, 0.4) is 0 Å². The Balaban J connectivity index is 1.23. The molecule has 4 rings (SSSR count). The molecule has 4 heteroatoms. The Kier molecular flexibility index (Phi) is 7.05. The number of benzene rings is 1. The van der Waals surface area contributed by atoms with Crippen LogP contribution in [-0.4, -0.2) is 56.4 Å². The van der Waals surface area contributed by atoms with Crippen LogP contribution >= 0.6 is 0 Å². The maximum Gasteiger partial charge on any atom is 0.0593 e. The highest BCUT2D eigenvalue weighted by Crippen LogP contribution is 2.23. The zero-order valence-corrected chi connectivity index (χ0v) is 16.9. The van der Waals surface area contributed by atoms with Gasteiger partial charge in [-0.25, -0.2) is 0 Å². The second kappa shape index (κ2) is 9.90. The number of rotatable bonds is 5. The fraction of sp³-hybridized carbons (Fsp3) is 0.739. The van der Waals surface area contributed by atoms with Crippen LogP contribution in [0, 0.1) is 0 Å². The summed E-state index contributed by atoms with van der Waals surface area (Å²) in [5.41, 5.74) is 2.82. The van der Waals surface area contributed by atoms with Gasteiger partial charge in [0.2, 0.25) is 0 Å². The number of hydrogen-bond donors (Lipinski definition) is 1. The summed E-state index contributed by atoms with van der Waals surface area (Å²) >= 11 is 0. The first-order valence-electron chi connectivity index (χ1n) is 11.3. The van der Waals surface area contributed by atoms with Crippen molar-refractivity contribution in [2.75, 3.05) is 44.3 Å². The molecule has 2 heterocycles. The molecule has 0 bridgehead atoms. The number of anilines is 1. The van der Waals surface area contributed by atoms with Crippen LogP contribution in [0.1, 0.15) is 56.9 Å². The summed E-state index contributed by atoms with van der Waals surface area (Å²) in [6, 6.07) is 10.8. The molecule has 1 aliphatic carbocycles. The summed E-state index contributed by atoms with van der Waals surface area (Å²) in [5, 5.41) is 3.95. The highest BCUT2D eigenvalue weighted by atomic mass is 16.5. The minimum absolute atomic E-state index is 0.730. The van der Waals surface area contributed by atoms with Gasteiger partial charge in [-0.15, -0.1) is 0 Å². The third-order valence-electron chi connectivity index (χ3n) is 6.59. The van der Waals surface area contributed by atoms with Gasteiger partial charge >= 0.3 is 0 Å². The molecule has 1 aromatic carbocycles. The van der Waals surface area contributed by atoms with Gasteiger partial charge in [0.05, 0.1) is 6.61 Å². The molecule has 27 heavy (non-hydrogen) atoms. The molecular formula is C23H37N3O. The molecule has 2 aliphatic heterocycles. The molecule has 150 valence electrons. The van der Waals surface area contributed by atoms with Crippen LogP contribution in [0.15, 0.2) is 24.3 Å². The van der Waals surface area contributed by atoms with Gasteiger partial charge in [-0.05, 0) is 49.8 Å². The maximum atomic E-state index is 5.56. The van der Waals surface area contributed by atoms with E-state index in [1.807, 2.05) is 0 Å². The van der Waals surface area contributed by atoms with Crippen molar-refractivity contribution in [3.63, 3.8) is 0 Å². The monoisotopic (exact) mass is 371 g/mol. The van der Waals surface area contributed by atoms with Gasteiger partial charge < -0.3 is 15.0 Å². The third-order valence-corrected chi connectivity index (χ3v) is 6.59. The van der Waals surface area contributed by atoms with E-state index in [2.05, 4.69) is 39.4 Å². The van der Waals surface area contributed by atoms with Gasteiger partial charge in [-0.2, -0.15) is 0 Å². The van der Waals surface area contributed by atoms with E-state index in [1.54, 1.807) is 0 Å². The first kappa shape index (κ1) is 19.2. The molecule has 0 unspecified atom stereocenters. The van der Waals surface area contributed by atoms with Crippen LogP contribution in [0.4, 0.5) is 5.69 Å². The predicted octanol–water partition coefficient (Wildman–Crippen LogP) is 3.80. The lowest BCUT2D eigenvalue weighted by Gasteiger charge is -2.36. The first-order valence-corrected chi connectivity index (χ1v) is 11.3. The highest BCUT2D eigenvalue weighted by molar-refractivity contribution is 5.48. The molecule has 0 spiro atoms. The quantitative estimate of drug-likeness (QED) is 0.852. The Labute approximate surface area is 165 Å². The van der Waals surface area contributed by atoms with Crippen LogP contribution < -0.4 is 10.2 Å². The van der Waals surface area contributed by atoms with Crippen molar-refractivity contribution in [2.45, 2.75) is 70.0 Å². The molecule has 0 amide bonds. The summed E-state index contributed by atoms with van der Waals surface area (Å²) in [4.78, 5) is 5.09. The lowest BCUT2D eigenvalue weighted by Crippen LogP contribution is -2.46. The Bertz CT molecular complexity index is 539. The fourth-order valence-electron chi connectivity index (χ4n) is 4.93. The van der Waals surface area contributed by atoms with Crippen molar-refractivity contribution in [1.82, 2.24) is 10.2 Å². The van der Waals surface area contributed by atoms with Crippen LogP contribution in [0.2, 0.25) is 0 Å². The molecule has 1 saturated carbocycles. The zero-order valence-electron chi connectivity index (χ0n) is 16.9. The van der Waals surface area contributed by atoms with Gasteiger partial charge in [-0.3, -0.25) is 4.90 Å². The lowest BCUT2D eigenvalue weighted by atomic mass is 9.93. The minimum Gasteiger partial charge on any atom is -0.380 e. The van der Waals surface area contributed by atoms with E-state index in [9.17, 15) is 0 Å². The zero-order chi connectivity index (χ0) is 18.3. The number of nitrogens with zero attached hydrogens (tertiary/aromatic N) is 2. The number of piperidine rings is 1. The molecule has 0 atom stereocenters. The predicted molar refractivity (Wildman–Crippen MR) is 112 cm³/mol. The molecule has 3 fully saturated rings. The second-order valence-corrected chi connectivity index (χ2v) is 8.67. The fourth-order valence-corrected chi connectivity index (χ4v) is 4.93. The molecule has 1 N–H and O–H groups in total. The average molecular weight is 372 g/mol. The molecule has 2 saturated heterocycles. The van der Waals surface area contributed by atoms with Gasteiger partial charge in [0.25, 0.3) is 0 Å². The van der Waals surface area contributed by atoms with Crippen molar-refractivity contribution in [2.24, 2.45) is 0 Å². The summed E-state index contributed by atoms with van der Waals surface area (Å²) < 4.78 is 5.56. The van der Waals surface area contributed by atoms with Crippen LogP contribution in [-0.2, 0) is 11.3 Å². The smallest absolute Gasteiger partial charge is 0.0593 e. The highest BCUT2D eigenvalue weighted by Gasteiger charge is 2.23. The number of ether oxygens (including phenoxy) is 1. The van der Waals surface area contributed by atoms with Crippen LogP contribution in [0.5, 0.6) is 0 Å². The van der Waals surface area contributed by atoms with E-state index in [-0.39, 0.29) is 0 Å². The van der Waals surface area contributed by atoms with E-state index in [4.69, 9.17) is 4.74 Å².